The predicted octanol–water partition coefficient (Wildman–Crippen LogP) is 3.54. The normalized spacial score (nSPS) is 17.2. The molecule has 2 aromatic carbocycles. The van der Waals surface area contributed by atoms with Crippen LogP contribution in [0.1, 0.15) is 11.5 Å². The Kier molecular flexibility index (Phi) is 3.15. The van der Waals surface area contributed by atoms with Gasteiger partial charge in [-0.05, 0) is 18.2 Å². The minimum atomic E-state index is 0.464. The molecule has 2 aromatic rings. The summed E-state index contributed by atoms with van der Waals surface area (Å²) in [5.41, 5.74) is 8.12. The second-order valence-corrected chi connectivity index (χ2v) is 5.46. The van der Waals surface area contributed by atoms with Crippen LogP contribution < -0.4 is 10.5 Å². The maximum Gasteiger partial charge on any atom is 0.122 e. The van der Waals surface area contributed by atoms with Gasteiger partial charge in [-0.25, -0.2) is 0 Å². The van der Waals surface area contributed by atoms with Crippen molar-refractivity contribution in [3.05, 3.63) is 54.1 Å². The Bertz CT molecular complexity index is 556. The Hall–Kier alpha value is -1.61. The molecule has 0 saturated heterocycles. The Morgan fingerprint density at radius 2 is 1.89 bits per heavy atom. The second kappa shape index (κ2) is 4.94. The molecule has 0 aliphatic carbocycles. The molecule has 0 fully saturated rings. The Balaban J connectivity index is 1.71. The monoisotopic (exact) mass is 257 g/mol. The van der Waals surface area contributed by atoms with Gasteiger partial charge in [0.2, 0.25) is 0 Å². The highest BCUT2D eigenvalue weighted by atomic mass is 32.2. The molecule has 0 spiro atoms. The van der Waals surface area contributed by atoms with E-state index in [9.17, 15) is 0 Å². The fourth-order valence-corrected chi connectivity index (χ4v) is 3.24. The minimum Gasteiger partial charge on any atom is -0.493 e. The van der Waals surface area contributed by atoms with Crippen molar-refractivity contribution in [2.45, 2.75) is 10.8 Å². The molecule has 3 heteroatoms. The van der Waals surface area contributed by atoms with Crippen molar-refractivity contribution in [2.75, 3.05) is 18.1 Å². The number of hydrogen-bond donors (Lipinski definition) is 1. The molecular weight excluding hydrogens is 242 g/mol. The minimum absolute atomic E-state index is 0.464. The summed E-state index contributed by atoms with van der Waals surface area (Å²) < 4.78 is 5.69. The first kappa shape index (κ1) is 11.5. The molecule has 92 valence electrons. The zero-order valence-corrected chi connectivity index (χ0v) is 10.8. The third-order valence-electron chi connectivity index (χ3n) is 3.16. The van der Waals surface area contributed by atoms with Crippen molar-refractivity contribution in [3.8, 4) is 5.75 Å². The summed E-state index contributed by atoms with van der Waals surface area (Å²) in [6.45, 7) is 0.777. The van der Waals surface area contributed by atoms with Gasteiger partial charge in [0, 0.05) is 27.8 Å². The Morgan fingerprint density at radius 1 is 1.11 bits per heavy atom. The van der Waals surface area contributed by atoms with Crippen LogP contribution in [0.2, 0.25) is 0 Å². The van der Waals surface area contributed by atoms with E-state index in [1.54, 1.807) is 11.8 Å². The molecule has 18 heavy (non-hydrogen) atoms. The van der Waals surface area contributed by atoms with Gasteiger partial charge in [-0.15, -0.1) is 11.8 Å². The van der Waals surface area contributed by atoms with Gasteiger partial charge >= 0.3 is 0 Å². The van der Waals surface area contributed by atoms with Gasteiger partial charge in [0.25, 0.3) is 0 Å². The van der Waals surface area contributed by atoms with Crippen molar-refractivity contribution in [3.63, 3.8) is 0 Å². The molecule has 3 rings (SSSR count). The van der Waals surface area contributed by atoms with Gasteiger partial charge in [0.05, 0.1) is 6.61 Å². The SMILES string of the molecule is Nc1ccccc1SCC1COc2ccccc21. The van der Waals surface area contributed by atoms with Gasteiger partial charge in [-0.1, -0.05) is 30.3 Å². The lowest BCUT2D eigenvalue weighted by molar-refractivity contribution is 0.339. The van der Waals surface area contributed by atoms with E-state index in [1.807, 2.05) is 30.3 Å². The standard InChI is InChI=1S/C15H15NOS/c16-13-6-2-4-8-15(13)18-10-11-9-17-14-7-3-1-5-12(11)14/h1-8,11H,9-10,16H2. The van der Waals surface area contributed by atoms with E-state index in [0.29, 0.717) is 5.92 Å². The summed E-state index contributed by atoms with van der Waals surface area (Å²) in [5.74, 6) is 2.50. The summed E-state index contributed by atoms with van der Waals surface area (Å²) >= 11 is 1.80. The molecule has 1 atom stereocenters. The zero-order chi connectivity index (χ0) is 12.4. The third kappa shape index (κ3) is 2.18. The summed E-state index contributed by atoms with van der Waals surface area (Å²) in [5, 5.41) is 0. The van der Waals surface area contributed by atoms with Crippen LogP contribution in [0.5, 0.6) is 5.75 Å². The van der Waals surface area contributed by atoms with Crippen molar-refractivity contribution in [2.24, 2.45) is 0 Å². The van der Waals surface area contributed by atoms with Crippen LogP contribution in [0, 0.1) is 0 Å². The topological polar surface area (TPSA) is 35.2 Å². The van der Waals surface area contributed by atoms with Crippen molar-refractivity contribution in [1.29, 1.82) is 0 Å². The fourth-order valence-electron chi connectivity index (χ4n) is 2.17. The maximum atomic E-state index is 5.95. The van der Waals surface area contributed by atoms with Gasteiger partial charge in [-0.3, -0.25) is 0 Å². The Labute approximate surface area is 111 Å². The Morgan fingerprint density at radius 3 is 2.78 bits per heavy atom. The number of anilines is 1. The first-order chi connectivity index (χ1) is 8.84. The van der Waals surface area contributed by atoms with Crippen LogP contribution >= 0.6 is 11.8 Å². The predicted molar refractivity (Wildman–Crippen MR) is 76.3 cm³/mol. The second-order valence-electron chi connectivity index (χ2n) is 4.39. The van der Waals surface area contributed by atoms with Gasteiger partial charge in [0.15, 0.2) is 0 Å². The smallest absolute Gasteiger partial charge is 0.122 e. The highest BCUT2D eigenvalue weighted by Crippen LogP contribution is 2.37. The largest absolute Gasteiger partial charge is 0.493 e. The average molecular weight is 257 g/mol. The number of ether oxygens (including phenoxy) is 1. The van der Waals surface area contributed by atoms with E-state index in [-0.39, 0.29) is 0 Å². The van der Waals surface area contributed by atoms with E-state index < -0.39 is 0 Å². The summed E-state index contributed by atoms with van der Waals surface area (Å²) in [4.78, 5) is 1.15. The fraction of sp³-hybridized carbons (Fsp3) is 0.200. The van der Waals surface area contributed by atoms with E-state index >= 15 is 0 Å². The van der Waals surface area contributed by atoms with E-state index in [0.717, 1.165) is 28.7 Å². The number of thioether (sulfide) groups is 1. The number of benzene rings is 2. The molecule has 1 aliphatic heterocycles. The lowest BCUT2D eigenvalue weighted by Gasteiger charge is -2.09. The van der Waals surface area contributed by atoms with Crippen LogP contribution in [0.4, 0.5) is 5.69 Å². The number of nitrogen functional groups attached to an aromatic ring is 1. The van der Waals surface area contributed by atoms with E-state index in [2.05, 4.69) is 18.2 Å². The lowest BCUT2D eigenvalue weighted by atomic mass is 10.0. The molecule has 1 heterocycles. The van der Waals surface area contributed by atoms with Gasteiger partial charge in [0.1, 0.15) is 5.75 Å². The van der Waals surface area contributed by atoms with Crippen molar-refractivity contribution >= 4 is 17.4 Å². The molecular formula is C15H15NOS. The quantitative estimate of drug-likeness (QED) is 0.675. The van der Waals surface area contributed by atoms with Crippen LogP contribution in [0.15, 0.2) is 53.4 Å². The molecule has 0 amide bonds. The van der Waals surface area contributed by atoms with Crippen LogP contribution in [0.3, 0.4) is 0 Å². The summed E-state index contributed by atoms with van der Waals surface area (Å²) in [7, 11) is 0. The molecule has 0 aromatic heterocycles. The number of rotatable bonds is 3. The van der Waals surface area contributed by atoms with Gasteiger partial charge < -0.3 is 10.5 Å². The number of para-hydroxylation sites is 2. The van der Waals surface area contributed by atoms with Crippen molar-refractivity contribution in [1.82, 2.24) is 0 Å². The number of hydrogen-bond acceptors (Lipinski definition) is 3. The third-order valence-corrected chi connectivity index (χ3v) is 4.41. The average Bonchev–Trinajstić information content (AvgIpc) is 2.81. The van der Waals surface area contributed by atoms with Crippen LogP contribution in [-0.4, -0.2) is 12.4 Å². The van der Waals surface area contributed by atoms with Crippen LogP contribution in [-0.2, 0) is 0 Å². The molecule has 2 N–H and O–H groups in total. The van der Waals surface area contributed by atoms with Crippen LogP contribution in [0.25, 0.3) is 0 Å². The highest BCUT2D eigenvalue weighted by molar-refractivity contribution is 7.99. The molecule has 1 unspecified atom stereocenters. The zero-order valence-electron chi connectivity index (χ0n) is 10.0. The molecule has 0 saturated carbocycles. The molecule has 0 radical (unpaired) electrons. The highest BCUT2D eigenvalue weighted by Gasteiger charge is 2.23. The molecule has 0 bridgehead atoms. The summed E-state index contributed by atoms with van der Waals surface area (Å²) in [6, 6.07) is 16.3. The molecule has 2 nitrogen and oxygen atoms in total. The number of nitrogens with two attached hydrogens (primary N) is 1. The first-order valence-corrected chi connectivity index (χ1v) is 7.02. The first-order valence-electron chi connectivity index (χ1n) is 6.03. The lowest BCUT2D eigenvalue weighted by Crippen LogP contribution is -2.03. The number of fused-ring (bicyclic) bond motifs is 1. The summed E-state index contributed by atoms with van der Waals surface area (Å²) in [6.07, 6.45) is 0. The van der Waals surface area contributed by atoms with Crippen molar-refractivity contribution < 1.29 is 4.74 Å². The maximum absolute atomic E-state index is 5.95. The van der Waals surface area contributed by atoms with E-state index in [4.69, 9.17) is 10.5 Å². The molecule has 1 aliphatic rings. The van der Waals surface area contributed by atoms with E-state index in [1.165, 1.54) is 5.56 Å². The van der Waals surface area contributed by atoms with Gasteiger partial charge in [-0.2, -0.15) is 0 Å².